The van der Waals surface area contributed by atoms with Crippen molar-refractivity contribution < 1.29 is 9.53 Å². The third kappa shape index (κ3) is 5.26. The fourth-order valence-corrected chi connectivity index (χ4v) is 4.83. The van der Waals surface area contributed by atoms with Crippen LogP contribution < -0.4 is 10.1 Å². The van der Waals surface area contributed by atoms with E-state index in [1.807, 2.05) is 17.8 Å². The van der Waals surface area contributed by atoms with Crippen molar-refractivity contribution in [3.63, 3.8) is 0 Å². The third-order valence-electron chi connectivity index (χ3n) is 5.34. The van der Waals surface area contributed by atoms with Crippen LogP contribution in [0.25, 0.3) is 0 Å². The van der Waals surface area contributed by atoms with Crippen LogP contribution >= 0.6 is 11.8 Å². The molecule has 2 aromatic rings. The maximum Gasteiger partial charge on any atom is 0.251 e. The van der Waals surface area contributed by atoms with Crippen LogP contribution in [0.1, 0.15) is 35.2 Å². The summed E-state index contributed by atoms with van der Waals surface area (Å²) in [5, 5.41) is 3.19. The second kappa shape index (κ2) is 9.43. The molecule has 0 saturated carbocycles. The zero-order valence-electron chi connectivity index (χ0n) is 16.0. The van der Waals surface area contributed by atoms with E-state index >= 15 is 0 Å². The molecule has 4 rings (SSSR count). The molecule has 2 aliphatic heterocycles. The van der Waals surface area contributed by atoms with Crippen LogP contribution in [-0.4, -0.2) is 52.5 Å². The maximum atomic E-state index is 12.7. The largest absolute Gasteiger partial charge is 0.473 e. The molecule has 28 heavy (non-hydrogen) atoms. The average Bonchev–Trinajstić information content (AvgIpc) is 3.23. The molecular formula is C22H27N3O2S. The second-order valence-corrected chi connectivity index (χ2v) is 8.65. The van der Waals surface area contributed by atoms with Crippen molar-refractivity contribution in [1.82, 2.24) is 15.2 Å². The molecule has 1 amide bonds. The van der Waals surface area contributed by atoms with Gasteiger partial charge in [-0.1, -0.05) is 30.3 Å². The monoisotopic (exact) mass is 397 g/mol. The van der Waals surface area contributed by atoms with E-state index < -0.39 is 0 Å². The van der Waals surface area contributed by atoms with Gasteiger partial charge in [-0.2, -0.15) is 11.8 Å². The van der Waals surface area contributed by atoms with E-state index in [1.165, 1.54) is 5.56 Å². The number of amides is 1. The van der Waals surface area contributed by atoms with Crippen LogP contribution in [0.3, 0.4) is 0 Å². The van der Waals surface area contributed by atoms with Crippen LogP contribution in [0.5, 0.6) is 5.88 Å². The van der Waals surface area contributed by atoms with Gasteiger partial charge >= 0.3 is 0 Å². The Labute approximate surface area is 170 Å². The standard InChI is InChI=1S/C22H27N3O2S/c26-22(18-6-10-23-21(14-18)27-20-9-13-28-16-20)24-19-7-11-25(12-8-19)15-17-4-2-1-3-5-17/h1-6,10,14,19-20H,7-9,11-13,15-16H2,(H,24,26)/t20-/m0/s1. The van der Waals surface area contributed by atoms with Gasteiger partial charge in [0.25, 0.3) is 5.91 Å². The predicted octanol–water partition coefficient (Wildman–Crippen LogP) is 3.36. The number of pyridine rings is 1. The van der Waals surface area contributed by atoms with Crippen LogP contribution in [0.15, 0.2) is 48.7 Å². The Bertz CT molecular complexity index is 772. The Morgan fingerprint density at radius 2 is 2.00 bits per heavy atom. The minimum Gasteiger partial charge on any atom is -0.473 e. The molecule has 0 spiro atoms. The Kier molecular flexibility index (Phi) is 6.49. The van der Waals surface area contributed by atoms with Gasteiger partial charge in [-0.05, 0) is 36.6 Å². The smallest absolute Gasteiger partial charge is 0.251 e. The highest BCUT2D eigenvalue weighted by Gasteiger charge is 2.22. The molecule has 1 atom stereocenters. The molecule has 2 fully saturated rings. The van der Waals surface area contributed by atoms with Crippen molar-refractivity contribution >= 4 is 17.7 Å². The highest BCUT2D eigenvalue weighted by molar-refractivity contribution is 7.99. The molecule has 2 aliphatic rings. The molecule has 6 heteroatoms. The lowest BCUT2D eigenvalue weighted by molar-refractivity contribution is 0.0908. The minimum absolute atomic E-state index is 0.0328. The van der Waals surface area contributed by atoms with Crippen molar-refractivity contribution in [3.8, 4) is 5.88 Å². The van der Waals surface area contributed by atoms with Gasteiger partial charge in [0.1, 0.15) is 6.10 Å². The van der Waals surface area contributed by atoms with E-state index in [-0.39, 0.29) is 18.1 Å². The minimum atomic E-state index is -0.0328. The molecule has 2 saturated heterocycles. The molecule has 1 aromatic carbocycles. The topological polar surface area (TPSA) is 54.5 Å². The summed E-state index contributed by atoms with van der Waals surface area (Å²) in [4.78, 5) is 19.4. The first-order valence-electron chi connectivity index (χ1n) is 10.0. The molecule has 1 aromatic heterocycles. The second-order valence-electron chi connectivity index (χ2n) is 7.50. The van der Waals surface area contributed by atoms with Gasteiger partial charge in [0.2, 0.25) is 5.88 Å². The number of piperidine rings is 1. The molecule has 3 heterocycles. The van der Waals surface area contributed by atoms with Crippen LogP contribution in [-0.2, 0) is 6.54 Å². The molecule has 148 valence electrons. The highest BCUT2D eigenvalue weighted by Crippen LogP contribution is 2.22. The summed E-state index contributed by atoms with van der Waals surface area (Å²) < 4.78 is 5.91. The molecular weight excluding hydrogens is 370 g/mol. The van der Waals surface area contributed by atoms with E-state index in [0.29, 0.717) is 11.4 Å². The summed E-state index contributed by atoms with van der Waals surface area (Å²) in [6.45, 7) is 2.99. The van der Waals surface area contributed by atoms with Crippen molar-refractivity contribution in [2.24, 2.45) is 0 Å². The Morgan fingerprint density at radius 3 is 2.75 bits per heavy atom. The molecule has 0 bridgehead atoms. The van der Waals surface area contributed by atoms with Gasteiger partial charge in [-0.3, -0.25) is 9.69 Å². The van der Waals surface area contributed by atoms with Crippen LogP contribution in [0.2, 0.25) is 0 Å². The lowest BCUT2D eigenvalue weighted by Crippen LogP contribution is -2.44. The van der Waals surface area contributed by atoms with E-state index in [4.69, 9.17) is 4.74 Å². The first kappa shape index (κ1) is 19.3. The van der Waals surface area contributed by atoms with E-state index in [2.05, 4.69) is 39.5 Å². The van der Waals surface area contributed by atoms with Crippen molar-refractivity contribution in [3.05, 3.63) is 59.8 Å². The first-order chi connectivity index (χ1) is 13.8. The van der Waals surface area contributed by atoms with Crippen LogP contribution in [0, 0.1) is 0 Å². The molecule has 0 unspecified atom stereocenters. The highest BCUT2D eigenvalue weighted by atomic mass is 32.2. The van der Waals surface area contributed by atoms with Gasteiger partial charge in [-0.25, -0.2) is 4.98 Å². The number of hydrogen-bond acceptors (Lipinski definition) is 5. The summed E-state index contributed by atoms with van der Waals surface area (Å²) in [5.41, 5.74) is 1.97. The molecule has 0 aliphatic carbocycles. The van der Waals surface area contributed by atoms with Gasteiger partial charge in [0.05, 0.1) is 0 Å². The fourth-order valence-electron chi connectivity index (χ4n) is 3.74. The SMILES string of the molecule is O=C(NC1CCN(Cc2ccccc2)CC1)c1ccnc(O[C@H]2CCSC2)c1. The molecule has 1 N–H and O–H groups in total. The number of carbonyl (C=O) groups excluding carboxylic acids is 1. The number of rotatable bonds is 6. The van der Waals surface area contributed by atoms with Gasteiger partial charge in [-0.15, -0.1) is 0 Å². The van der Waals surface area contributed by atoms with Crippen LogP contribution in [0.4, 0.5) is 0 Å². The van der Waals surface area contributed by atoms with Crippen molar-refractivity contribution in [2.75, 3.05) is 24.6 Å². The number of nitrogens with one attached hydrogen (secondary N) is 1. The summed E-state index contributed by atoms with van der Waals surface area (Å²) >= 11 is 1.90. The predicted molar refractivity (Wildman–Crippen MR) is 113 cm³/mol. The first-order valence-corrected chi connectivity index (χ1v) is 11.2. The van der Waals surface area contributed by atoms with E-state index in [9.17, 15) is 4.79 Å². The number of carbonyl (C=O) groups is 1. The summed E-state index contributed by atoms with van der Waals surface area (Å²) in [5.74, 6) is 2.65. The Balaban J connectivity index is 1.26. The van der Waals surface area contributed by atoms with Gasteiger partial charge in [0.15, 0.2) is 0 Å². The lowest BCUT2D eigenvalue weighted by Gasteiger charge is -2.32. The zero-order chi connectivity index (χ0) is 19.2. The Morgan fingerprint density at radius 1 is 1.18 bits per heavy atom. The average molecular weight is 398 g/mol. The lowest BCUT2D eigenvalue weighted by atomic mass is 10.0. The Hall–Kier alpha value is -2.05. The number of nitrogens with zero attached hydrogens (tertiary/aromatic N) is 2. The number of benzene rings is 1. The number of aromatic nitrogens is 1. The summed E-state index contributed by atoms with van der Waals surface area (Å²) in [7, 11) is 0. The summed E-state index contributed by atoms with van der Waals surface area (Å²) in [6, 6.07) is 14.3. The summed E-state index contributed by atoms with van der Waals surface area (Å²) in [6.07, 6.45) is 4.88. The quantitative estimate of drug-likeness (QED) is 0.810. The number of ether oxygens (including phenoxy) is 1. The maximum absolute atomic E-state index is 12.7. The fraction of sp³-hybridized carbons (Fsp3) is 0.455. The van der Waals surface area contributed by atoms with Gasteiger partial charge < -0.3 is 10.1 Å². The zero-order valence-corrected chi connectivity index (χ0v) is 16.9. The normalized spacial score (nSPS) is 20.8. The van der Waals surface area contributed by atoms with Crippen molar-refractivity contribution in [2.45, 2.75) is 38.0 Å². The van der Waals surface area contributed by atoms with E-state index in [0.717, 1.165) is 50.4 Å². The van der Waals surface area contributed by atoms with Gasteiger partial charge in [0, 0.05) is 49.3 Å². The van der Waals surface area contributed by atoms with Crippen molar-refractivity contribution in [1.29, 1.82) is 0 Å². The number of hydrogen-bond donors (Lipinski definition) is 1. The van der Waals surface area contributed by atoms with E-state index in [1.54, 1.807) is 18.3 Å². The number of likely N-dealkylation sites (tertiary alicyclic amines) is 1. The third-order valence-corrected chi connectivity index (χ3v) is 6.48. The number of thioether (sulfide) groups is 1. The molecule has 5 nitrogen and oxygen atoms in total. The molecule has 0 radical (unpaired) electrons.